The van der Waals surface area contributed by atoms with Crippen LogP contribution in [0.4, 0.5) is 5.00 Å². The molecule has 2 aromatic carbocycles. The van der Waals surface area contributed by atoms with Gasteiger partial charge in [0.05, 0.1) is 19.3 Å². The van der Waals surface area contributed by atoms with Crippen molar-refractivity contribution in [3.63, 3.8) is 0 Å². The van der Waals surface area contributed by atoms with Crippen LogP contribution in [0.3, 0.4) is 0 Å². The van der Waals surface area contributed by atoms with Crippen LogP contribution in [0.25, 0.3) is 0 Å². The number of benzene rings is 2. The van der Waals surface area contributed by atoms with Crippen LogP contribution in [0.15, 0.2) is 54.6 Å². The average molecular weight is 515 g/mol. The van der Waals surface area contributed by atoms with E-state index in [2.05, 4.69) is 29.3 Å². The van der Waals surface area contributed by atoms with Crippen LogP contribution in [0, 0.1) is 0 Å². The number of esters is 1. The summed E-state index contributed by atoms with van der Waals surface area (Å²) in [5, 5.41) is 3.50. The molecule has 0 aliphatic carbocycles. The second kappa shape index (κ2) is 12.7. The van der Waals surface area contributed by atoms with Gasteiger partial charge in [0.25, 0.3) is 5.91 Å². The molecule has 1 aliphatic heterocycles. The highest BCUT2D eigenvalue weighted by molar-refractivity contribution is 7.17. The molecule has 0 fully saturated rings. The molecule has 35 heavy (non-hydrogen) atoms. The standard InChI is InChI=1S/C27H30N2O4S.ClH/c1-3-4-16-33-21-12-10-20(11-13-21)25(30)28-26-24(27(31)32-2)22-14-15-29(18-23(22)34-26)17-19-8-6-5-7-9-19;/h5-13H,3-4,14-18H2,1-2H3,(H,28,30);1H. The summed E-state index contributed by atoms with van der Waals surface area (Å²) in [6.07, 6.45) is 2.80. The summed E-state index contributed by atoms with van der Waals surface area (Å²) in [6, 6.07) is 17.4. The number of rotatable bonds is 9. The molecule has 6 nitrogen and oxygen atoms in total. The molecule has 1 aliphatic rings. The Labute approximate surface area is 216 Å². The number of methoxy groups -OCH3 is 1. The summed E-state index contributed by atoms with van der Waals surface area (Å²) in [7, 11) is 1.37. The van der Waals surface area contributed by atoms with E-state index in [1.807, 2.05) is 18.2 Å². The van der Waals surface area contributed by atoms with Gasteiger partial charge in [-0.1, -0.05) is 43.7 Å². The number of nitrogens with one attached hydrogen (secondary N) is 1. The van der Waals surface area contributed by atoms with E-state index in [1.54, 1.807) is 24.3 Å². The zero-order valence-corrected chi connectivity index (χ0v) is 21.7. The third-order valence-electron chi connectivity index (χ3n) is 5.88. The molecule has 0 atom stereocenters. The van der Waals surface area contributed by atoms with Crippen LogP contribution in [0.2, 0.25) is 0 Å². The van der Waals surface area contributed by atoms with E-state index in [-0.39, 0.29) is 18.3 Å². The van der Waals surface area contributed by atoms with Crippen LogP contribution in [-0.2, 0) is 24.2 Å². The Morgan fingerprint density at radius 2 is 1.83 bits per heavy atom. The molecule has 0 bridgehead atoms. The zero-order chi connectivity index (χ0) is 23.9. The largest absolute Gasteiger partial charge is 0.494 e. The number of ether oxygens (including phenoxy) is 2. The van der Waals surface area contributed by atoms with Gasteiger partial charge < -0.3 is 14.8 Å². The Bertz CT molecular complexity index is 1130. The third kappa shape index (κ3) is 6.63. The van der Waals surface area contributed by atoms with Gasteiger partial charge in [-0.3, -0.25) is 9.69 Å². The number of carbonyl (C=O) groups excluding carboxylic acids is 2. The van der Waals surface area contributed by atoms with E-state index < -0.39 is 5.97 Å². The lowest BCUT2D eigenvalue weighted by Gasteiger charge is -2.27. The van der Waals surface area contributed by atoms with E-state index in [1.165, 1.54) is 24.0 Å². The van der Waals surface area contributed by atoms with Crippen LogP contribution >= 0.6 is 23.7 Å². The number of nitrogens with zero attached hydrogens (tertiary/aromatic N) is 1. The molecule has 1 amide bonds. The van der Waals surface area contributed by atoms with Crippen molar-refractivity contribution in [2.45, 2.75) is 39.3 Å². The van der Waals surface area contributed by atoms with Crippen LogP contribution < -0.4 is 10.1 Å². The second-order valence-corrected chi connectivity index (χ2v) is 9.43. The fraction of sp³-hybridized carbons (Fsp3) is 0.333. The molecule has 186 valence electrons. The molecule has 8 heteroatoms. The fourth-order valence-corrected chi connectivity index (χ4v) is 5.32. The predicted octanol–water partition coefficient (Wildman–Crippen LogP) is 5.95. The van der Waals surface area contributed by atoms with Crippen molar-refractivity contribution in [1.82, 2.24) is 4.90 Å². The Hall–Kier alpha value is -2.87. The minimum absolute atomic E-state index is 0. The maximum absolute atomic E-state index is 13.0. The van der Waals surface area contributed by atoms with Gasteiger partial charge in [-0.15, -0.1) is 23.7 Å². The number of carbonyl (C=O) groups is 2. The number of fused-ring (bicyclic) bond motifs is 1. The summed E-state index contributed by atoms with van der Waals surface area (Å²) in [4.78, 5) is 29.0. The molecule has 1 N–H and O–H groups in total. The van der Waals surface area contributed by atoms with Gasteiger partial charge in [0.15, 0.2) is 0 Å². The summed E-state index contributed by atoms with van der Waals surface area (Å²) >= 11 is 1.46. The van der Waals surface area contributed by atoms with E-state index in [0.717, 1.165) is 55.1 Å². The number of amides is 1. The lowest BCUT2D eigenvalue weighted by molar-refractivity contribution is 0.0600. The monoisotopic (exact) mass is 514 g/mol. The van der Waals surface area contributed by atoms with Crippen molar-refractivity contribution < 1.29 is 19.1 Å². The zero-order valence-electron chi connectivity index (χ0n) is 20.0. The van der Waals surface area contributed by atoms with Crippen molar-refractivity contribution in [2.75, 3.05) is 25.6 Å². The minimum atomic E-state index is -0.413. The first-order valence-corrected chi connectivity index (χ1v) is 12.4. The van der Waals surface area contributed by atoms with E-state index >= 15 is 0 Å². The Balaban J connectivity index is 0.00000342. The third-order valence-corrected chi connectivity index (χ3v) is 7.02. The number of unbranched alkanes of at least 4 members (excludes halogenated alkanes) is 1. The number of hydrogen-bond donors (Lipinski definition) is 1. The molecule has 0 radical (unpaired) electrons. The molecular weight excluding hydrogens is 484 g/mol. The molecule has 0 saturated heterocycles. The van der Waals surface area contributed by atoms with E-state index in [9.17, 15) is 9.59 Å². The van der Waals surface area contributed by atoms with Gasteiger partial charge in [0.1, 0.15) is 10.8 Å². The maximum Gasteiger partial charge on any atom is 0.341 e. The molecular formula is C27H31ClN2O4S. The Morgan fingerprint density at radius 1 is 1.09 bits per heavy atom. The summed E-state index contributed by atoms with van der Waals surface area (Å²) in [5.41, 5.74) is 3.23. The molecule has 0 spiro atoms. The van der Waals surface area contributed by atoms with Crippen molar-refractivity contribution >= 4 is 40.6 Å². The number of anilines is 1. The quantitative estimate of drug-likeness (QED) is 0.282. The first kappa shape index (κ1) is 26.7. The van der Waals surface area contributed by atoms with Gasteiger partial charge in [0.2, 0.25) is 0 Å². The number of halogens is 1. The lowest BCUT2D eigenvalue weighted by atomic mass is 10.0. The van der Waals surface area contributed by atoms with E-state index in [0.29, 0.717) is 22.7 Å². The maximum atomic E-state index is 13.0. The van der Waals surface area contributed by atoms with Crippen LogP contribution in [-0.4, -0.2) is 37.0 Å². The lowest BCUT2D eigenvalue weighted by Crippen LogP contribution is -2.29. The number of thiophene rings is 1. The summed E-state index contributed by atoms with van der Waals surface area (Å²) < 4.78 is 10.7. The van der Waals surface area contributed by atoms with Crippen LogP contribution in [0.5, 0.6) is 5.75 Å². The van der Waals surface area contributed by atoms with Crippen LogP contribution in [0.1, 0.15) is 56.5 Å². The van der Waals surface area contributed by atoms with Gasteiger partial charge >= 0.3 is 5.97 Å². The first-order chi connectivity index (χ1) is 16.6. The highest BCUT2D eigenvalue weighted by Crippen LogP contribution is 2.38. The highest BCUT2D eigenvalue weighted by atomic mass is 35.5. The smallest absolute Gasteiger partial charge is 0.341 e. The van der Waals surface area contributed by atoms with E-state index in [4.69, 9.17) is 9.47 Å². The molecule has 2 heterocycles. The average Bonchev–Trinajstić information content (AvgIpc) is 3.21. The van der Waals surface area contributed by atoms with Crippen molar-refractivity contribution in [2.24, 2.45) is 0 Å². The molecule has 1 aromatic heterocycles. The predicted molar refractivity (Wildman–Crippen MR) is 142 cm³/mol. The topological polar surface area (TPSA) is 67.9 Å². The second-order valence-electron chi connectivity index (χ2n) is 8.33. The first-order valence-electron chi connectivity index (χ1n) is 11.6. The molecule has 3 aromatic rings. The van der Waals surface area contributed by atoms with Crippen molar-refractivity contribution in [3.8, 4) is 5.75 Å². The van der Waals surface area contributed by atoms with Gasteiger partial charge in [0, 0.05) is 30.1 Å². The normalized spacial score (nSPS) is 12.9. The fourth-order valence-electron chi connectivity index (χ4n) is 4.05. The van der Waals surface area contributed by atoms with Crippen molar-refractivity contribution in [3.05, 3.63) is 81.7 Å². The SMILES string of the molecule is CCCCOc1ccc(C(=O)Nc2sc3c(c2C(=O)OC)CCN(Cc2ccccc2)C3)cc1.Cl. The highest BCUT2D eigenvalue weighted by Gasteiger charge is 2.29. The molecule has 0 unspecified atom stereocenters. The molecule has 4 rings (SSSR count). The minimum Gasteiger partial charge on any atom is -0.494 e. The Kier molecular flexibility index (Phi) is 9.72. The Morgan fingerprint density at radius 3 is 2.51 bits per heavy atom. The molecule has 0 saturated carbocycles. The van der Waals surface area contributed by atoms with Gasteiger partial charge in [-0.2, -0.15) is 0 Å². The summed E-state index contributed by atoms with van der Waals surface area (Å²) in [6.45, 7) is 5.20. The van der Waals surface area contributed by atoms with Crippen molar-refractivity contribution in [1.29, 1.82) is 0 Å². The number of hydrogen-bond acceptors (Lipinski definition) is 6. The van der Waals surface area contributed by atoms with Gasteiger partial charge in [-0.05, 0) is 48.2 Å². The van der Waals surface area contributed by atoms with Gasteiger partial charge in [-0.25, -0.2) is 4.79 Å². The summed E-state index contributed by atoms with van der Waals surface area (Å²) in [5.74, 6) is 0.0688.